The Hall–Kier alpha value is 1.03. The van der Waals surface area contributed by atoms with Crippen LogP contribution in [-0.2, 0) is 0 Å². The molecule has 0 radical (unpaired) electrons. The monoisotopic (exact) mass is 444 g/mol. The van der Waals surface area contributed by atoms with Crippen LogP contribution in [0.4, 0.5) is 0 Å². The van der Waals surface area contributed by atoms with Crippen molar-refractivity contribution in [2.45, 2.75) is 20.8 Å². The molecule has 0 unspecified atom stereocenters. The number of hydrogen-bond donors (Lipinski definition) is 0. The molecule has 0 rings (SSSR count). The first kappa shape index (κ1) is 26.3. The van der Waals surface area contributed by atoms with E-state index in [0.29, 0.717) is 0 Å². The van der Waals surface area contributed by atoms with E-state index in [0.717, 1.165) is 0 Å². The summed E-state index contributed by atoms with van der Waals surface area (Å²) < 4.78 is 14.7. The van der Waals surface area contributed by atoms with Gasteiger partial charge in [0.05, 0.1) is 0 Å². The van der Waals surface area contributed by atoms with Gasteiger partial charge in [-0.2, -0.15) is 0 Å². The average Bonchev–Trinajstić information content (AvgIpc) is 2.45. The molecular weight excluding hydrogens is 404 g/mol. The predicted molar refractivity (Wildman–Crippen MR) is 107 cm³/mol. The molecule has 0 heterocycles. The molecule has 0 aromatic heterocycles. The summed E-state index contributed by atoms with van der Waals surface area (Å²) in [5.41, 5.74) is 0. The summed E-state index contributed by atoms with van der Waals surface area (Å²) in [6.07, 6.45) is 0. The molecule has 0 aromatic carbocycles. The summed E-state index contributed by atoms with van der Waals surface area (Å²) in [5, 5.41) is 0. The van der Waals surface area contributed by atoms with E-state index in [9.17, 15) is 0 Å². The van der Waals surface area contributed by atoms with Gasteiger partial charge in [-0.15, -0.1) is 0 Å². The van der Waals surface area contributed by atoms with Crippen molar-refractivity contribution in [2.24, 2.45) is 0 Å². The van der Waals surface area contributed by atoms with E-state index in [1.165, 1.54) is 19.6 Å². The summed E-state index contributed by atoms with van der Waals surface area (Å²) in [5.74, 6) is 0. The fraction of sp³-hybridized carbons (Fsp3) is 1.00. The van der Waals surface area contributed by atoms with Crippen LogP contribution in [0.5, 0.6) is 0 Å². The third kappa shape index (κ3) is 10.6. The van der Waals surface area contributed by atoms with Crippen LogP contribution in [0.25, 0.3) is 0 Å². The van der Waals surface area contributed by atoms with Crippen molar-refractivity contribution >= 4 is 33.9 Å². The molecule has 0 fully saturated rings. The van der Waals surface area contributed by atoms with Crippen LogP contribution in [0.15, 0.2) is 0 Å². The first-order chi connectivity index (χ1) is 10.5. The number of rotatable bonds is 9. The van der Waals surface area contributed by atoms with E-state index in [1.807, 2.05) is 0 Å². The van der Waals surface area contributed by atoms with Crippen molar-refractivity contribution in [3.05, 3.63) is 0 Å². The molecule has 0 amide bonds. The normalized spacial score (nSPS) is 11.7. The Bertz CT molecular complexity index is 236. The van der Waals surface area contributed by atoms with Crippen molar-refractivity contribution in [3.63, 3.8) is 0 Å². The standard InChI is InChI=1S/3C3H8N.3C2H6N.2Ga/c3*1-3-4-2;3*1-3-2;;/h3*3H2,1-2H3;3*1-2H3;;/q6*-1;2*+3. The summed E-state index contributed by atoms with van der Waals surface area (Å²) in [6.45, 7) is 10.2. The Kier molecular flexibility index (Phi) is 16.2. The zero-order chi connectivity index (χ0) is 18.7. The summed E-state index contributed by atoms with van der Waals surface area (Å²) in [6, 6.07) is 0. The van der Waals surface area contributed by atoms with Crippen LogP contribution in [0.3, 0.4) is 0 Å². The molecule has 0 aliphatic rings. The molecule has 6 nitrogen and oxygen atoms in total. The van der Waals surface area contributed by atoms with Gasteiger partial charge in [-0.3, -0.25) is 0 Å². The maximum atomic E-state index is 2.54. The quantitative estimate of drug-likeness (QED) is 0.477. The van der Waals surface area contributed by atoms with E-state index < -0.39 is 33.9 Å². The molecule has 8 heteroatoms. The molecule has 0 saturated heterocycles. The molecule has 138 valence electrons. The molecular formula is C15H42Ga2N6. The van der Waals surface area contributed by atoms with E-state index in [-0.39, 0.29) is 0 Å². The molecule has 0 N–H and O–H groups in total. The zero-order valence-electron chi connectivity index (χ0n) is 18.0. The van der Waals surface area contributed by atoms with Gasteiger partial charge in [0.15, 0.2) is 0 Å². The molecule has 23 heavy (non-hydrogen) atoms. The van der Waals surface area contributed by atoms with Crippen molar-refractivity contribution in [1.29, 1.82) is 0 Å². The van der Waals surface area contributed by atoms with E-state index in [4.69, 9.17) is 0 Å². The molecule has 0 aliphatic heterocycles. The van der Waals surface area contributed by atoms with Gasteiger partial charge in [0, 0.05) is 0 Å². The molecule has 0 aromatic rings. The van der Waals surface area contributed by atoms with E-state index in [2.05, 4.69) is 106 Å². The van der Waals surface area contributed by atoms with Gasteiger partial charge in [-0.25, -0.2) is 0 Å². The first-order valence-corrected chi connectivity index (χ1v) is 15.1. The Morgan fingerprint density at radius 1 is 0.435 bits per heavy atom. The second-order valence-corrected chi connectivity index (χ2v) is 21.8. The third-order valence-corrected chi connectivity index (χ3v) is 17.1. The number of nitrogens with zero attached hydrogens (tertiary/aromatic N) is 6. The van der Waals surface area contributed by atoms with Crippen LogP contribution < -0.4 is 0 Å². The van der Waals surface area contributed by atoms with Gasteiger partial charge >= 0.3 is 159 Å². The van der Waals surface area contributed by atoms with Crippen LogP contribution in [-0.4, -0.2) is 139 Å². The van der Waals surface area contributed by atoms with Gasteiger partial charge in [0.2, 0.25) is 0 Å². The third-order valence-electron chi connectivity index (χ3n) is 4.06. The van der Waals surface area contributed by atoms with E-state index >= 15 is 0 Å². The van der Waals surface area contributed by atoms with Crippen LogP contribution in [0, 0.1) is 0 Å². The Labute approximate surface area is 159 Å². The molecule has 0 spiro atoms. The summed E-state index contributed by atoms with van der Waals surface area (Å²) >= 11 is -2.95. The average molecular weight is 446 g/mol. The molecule has 0 bridgehead atoms. The maximum absolute atomic E-state index is 2.54. The predicted octanol–water partition coefficient (Wildman–Crippen LogP) is 0.483. The second kappa shape index (κ2) is 14.2. The fourth-order valence-corrected chi connectivity index (χ4v) is 15.0. The van der Waals surface area contributed by atoms with Gasteiger partial charge in [0.1, 0.15) is 0 Å². The minimum absolute atomic E-state index is 1.17. The first-order valence-electron chi connectivity index (χ1n) is 8.64. The molecule has 0 saturated carbocycles. The van der Waals surface area contributed by atoms with Crippen molar-refractivity contribution < 1.29 is 0 Å². The number of hydrogen-bond acceptors (Lipinski definition) is 6. The van der Waals surface area contributed by atoms with Crippen molar-refractivity contribution in [2.75, 3.05) is 83.1 Å². The van der Waals surface area contributed by atoms with Crippen molar-refractivity contribution in [1.82, 2.24) is 21.6 Å². The Balaban J connectivity index is 0. The van der Waals surface area contributed by atoms with Gasteiger partial charge in [-0.1, -0.05) is 0 Å². The van der Waals surface area contributed by atoms with Gasteiger partial charge in [0.25, 0.3) is 0 Å². The van der Waals surface area contributed by atoms with Crippen LogP contribution in [0.1, 0.15) is 20.8 Å². The SMILES string of the molecule is CC[N](C)[Ga]([N](C)CC)[N](C)CC.C[N](C)[Ga]([N](C)C)[N](C)C. The summed E-state index contributed by atoms with van der Waals surface area (Å²) in [4.78, 5) is 0. The summed E-state index contributed by atoms with van der Waals surface area (Å²) in [7, 11) is 19.7. The van der Waals surface area contributed by atoms with E-state index in [1.54, 1.807) is 0 Å². The second-order valence-electron chi connectivity index (χ2n) is 6.80. The topological polar surface area (TPSA) is 19.4 Å². The van der Waals surface area contributed by atoms with Gasteiger partial charge in [-0.05, 0) is 0 Å². The Morgan fingerprint density at radius 3 is 0.739 bits per heavy atom. The van der Waals surface area contributed by atoms with Gasteiger partial charge < -0.3 is 0 Å². The molecule has 0 atom stereocenters. The van der Waals surface area contributed by atoms with Crippen molar-refractivity contribution in [3.8, 4) is 0 Å². The fourth-order valence-electron chi connectivity index (χ4n) is 2.89. The minimum atomic E-state index is -1.52. The Morgan fingerprint density at radius 2 is 0.652 bits per heavy atom. The van der Waals surface area contributed by atoms with Crippen LogP contribution >= 0.6 is 0 Å². The van der Waals surface area contributed by atoms with Crippen LogP contribution in [0.2, 0.25) is 0 Å². The molecule has 0 aliphatic carbocycles. The zero-order valence-corrected chi connectivity index (χ0v) is 22.8.